The predicted octanol–water partition coefficient (Wildman–Crippen LogP) is 0.814. The molecule has 0 bridgehead atoms. The third kappa shape index (κ3) is 2.25. The van der Waals surface area contributed by atoms with Crippen LogP contribution < -0.4 is 9.47 Å². The molecule has 0 saturated carbocycles. The molecule has 6 heteroatoms. The second-order valence-corrected chi connectivity index (χ2v) is 5.39. The predicted molar refractivity (Wildman–Crippen MR) is 76.8 cm³/mol. The lowest BCUT2D eigenvalue weighted by molar-refractivity contribution is -0.134. The molecular formula is C15H18N2O4. The Labute approximate surface area is 123 Å². The normalized spacial score (nSPS) is 25.8. The summed E-state index contributed by atoms with van der Waals surface area (Å²) < 4.78 is 10.7. The zero-order valence-electron chi connectivity index (χ0n) is 12.2. The van der Waals surface area contributed by atoms with Crippen molar-refractivity contribution < 1.29 is 19.4 Å². The van der Waals surface area contributed by atoms with Crippen molar-refractivity contribution in [3.05, 3.63) is 23.8 Å². The van der Waals surface area contributed by atoms with Gasteiger partial charge < -0.3 is 19.5 Å². The van der Waals surface area contributed by atoms with E-state index in [0.29, 0.717) is 11.5 Å². The van der Waals surface area contributed by atoms with Gasteiger partial charge in [-0.2, -0.15) is 0 Å². The molecule has 21 heavy (non-hydrogen) atoms. The van der Waals surface area contributed by atoms with Crippen LogP contribution in [-0.4, -0.2) is 53.7 Å². The molecule has 0 aromatic heterocycles. The average Bonchev–Trinajstić information content (AvgIpc) is 2.92. The zero-order chi connectivity index (χ0) is 15.1. The first-order valence-electron chi connectivity index (χ1n) is 6.91. The topological polar surface area (TPSA) is 71.4 Å². The van der Waals surface area contributed by atoms with Gasteiger partial charge in [-0.1, -0.05) is 0 Å². The number of hydrogen-bond acceptors (Lipinski definition) is 5. The monoisotopic (exact) mass is 290 g/mol. The van der Waals surface area contributed by atoms with Crippen LogP contribution in [0.1, 0.15) is 19.4 Å². The number of rotatable bonds is 2. The van der Waals surface area contributed by atoms with E-state index in [1.807, 2.05) is 25.1 Å². The Morgan fingerprint density at radius 2 is 2.10 bits per heavy atom. The first-order chi connectivity index (χ1) is 9.99. The van der Waals surface area contributed by atoms with Gasteiger partial charge in [0.05, 0.1) is 17.9 Å². The third-order valence-electron chi connectivity index (χ3n) is 3.98. The van der Waals surface area contributed by atoms with Crippen LogP contribution in [-0.2, 0) is 4.79 Å². The van der Waals surface area contributed by atoms with E-state index in [2.05, 4.69) is 4.99 Å². The lowest BCUT2D eigenvalue weighted by atomic mass is 9.97. The van der Waals surface area contributed by atoms with Crippen LogP contribution in [0.4, 0.5) is 0 Å². The summed E-state index contributed by atoms with van der Waals surface area (Å²) in [7, 11) is 1.73. The van der Waals surface area contributed by atoms with Crippen molar-refractivity contribution in [2.24, 2.45) is 4.99 Å². The molecule has 2 aliphatic rings. The number of carbonyl (C=O) groups is 1. The molecule has 1 unspecified atom stereocenters. The first kappa shape index (κ1) is 13.9. The minimum absolute atomic E-state index is 0.159. The Hall–Kier alpha value is -2.08. The van der Waals surface area contributed by atoms with Gasteiger partial charge in [0, 0.05) is 12.6 Å². The first-order valence-corrected chi connectivity index (χ1v) is 6.91. The molecule has 1 aromatic rings. The lowest BCUT2D eigenvalue weighted by Crippen LogP contribution is -2.52. The molecule has 112 valence electrons. The van der Waals surface area contributed by atoms with Gasteiger partial charge in [-0.3, -0.25) is 9.79 Å². The van der Waals surface area contributed by atoms with E-state index in [9.17, 15) is 9.90 Å². The van der Waals surface area contributed by atoms with Gasteiger partial charge in [-0.25, -0.2) is 0 Å². The summed E-state index contributed by atoms with van der Waals surface area (Å²) in [4.78, 5) is 18.2. The summed E-state index contributed by atoms with van der Waals surface area (Å²) in [5, 5.41) is 9.77. The minimum Gasteiger partial charge on any atom is -0.454 e. The molecule has 0 aliphatic carbocycles. The number of nitrogens with zero attached hydrogens (tertiary/aromatic N) is 2. The minimum atomic E-state index is -0.823. The van der Waals surface area contributed by atoms with Crippen molar-refractivity contribution in [2.45, 2.75) is 32.0 Å². The van der Waals surface area contributed by atoms with Crippen LogP contribution in [0, 0.1) is 0 Å². The van der Waals surface area contributed by atoms with Crippen molar-refractivity contribution in [3.63, 3.8) is 0 Å². The van der Waals surface area contributed by atoms with Crippen LogP contribution in [0.3, 0.4) is 0 Å². The van der Waals surface area contributed by atoms with Crippen molar-refractivity contribution in [3.8, 4) is 11.5 Å². The molecule has 2 heterocycles. The number of carbonyl (C=O) groups excluding carboxylic acids is 1. The maximum Gasteiger partial charge on any atom is 0.250 e. The maximum absolute atomic E-state index is 12.2. The molecule has 3 rings (SSSR count). The molecule has 0 fully saturated rings. The number of hydrogen-bond donors (Lipinski definition) is 1. The molecule has 1 amide bonds. The second kappa shape index (κ2) is 5.04. The molecule has 1 N–H and O–H groups in total. The molecule has 1 aromatic carbocycles. The fourth-order valence-electron chi connectivity index (χ4n) is 2.58. The molecule has 6 nitrogen and oxygen atoms in total. The van der Waals surface area contributed by atoms with Gasteiger partial charge in [-0.05, 0) is 32.0 Å². The number of benzene rings is 1. The van der Waals surface area contributed by atoms with Crippen LogP contribution >= 0.6 is 0 Å². The summed E-state index contributed by atoms with van der Waals surface area (Å²) in [5.41, 5.74) is 1.64. The number of aliphatic hydroxyl groups excluding tert-OH is 1. The van der Waals surface area contributed by atoms with Crippen molar-refractivity contribution in [1.82, 2.24) is 4.90 Å². The van der Waals surface area contributed by atoms with E-state index in [4.69, 9.17) is 9.47 Å². The van der Waals surface area contributed by atoms with E-state index in [1.165, 1.54) is 0 Å². The highest BCUT2D eigenvalue weighted by molar-refractivity contribution is 6.09. The smallest absolute Gasteiger partial charge is 0.250 e. The van der Waals surface area contributed by atoms with Gasteiger partial charge in [0.15, 0.2) is 17.5 Å². The Kier molecular flexibility index (Phi) is 3.33. The number of fused-ring (bicyclic) bond motifs is 1. The zero-order valence-corrected chi connectivity index (χ0v) is 12.2. The summed E-state index contributed by atoms with van der Waals surface area (Å²) in [6, 6.07) is 4.67. The van der Waals surface area contributed by atoms with Crippen LogP contribution in [0.5, 0.6) is 11.5 Å². The van der Waals surface area contributed by atoms with Gasteiger partial charge >= 0.3 is 0 Å². The quantitative estimate of drug-likeness (QED) is 0.875. The number of aliphatic hydroxyl groups is 1. The summed E-state index contributed by atoms with van der Waals surface area (Å²) in [6.07, 6.45) is -0.823. The Balaban J connectivity index is 2.03. The van der Waals surface area contributed by atoms with Gasteiger partial charge in [-0.15, -0.1) is 0 Å². The summed E-state index contributed by atoms with van der Waals surface area (Å²) >= 11 is 0. The van der Waals surface area contributed by atoms with Crippen LogP contribution in [0.25, 0.3) is 0 Å². The van der Waals surface area contributed by atoms with Crippen LogP contribution in [0.2, 0.25) is 0 Å². The fourth-order valence-corrected chi connectivity index (χ4v) is 2.58. The molecular weight excluding hydrogens is 272 g/mol. The Morgan fingerprint density at radius 3 is 2.81 bits per heavy atom. The van der Waals surface area contributed by atoms with Crippen LogP contribution in [0.15, 0.2) is 23.2 Å². The van der Waals surface area contributed by atoms with Crippen molar-refractivity contribution in [2.75, 3.05) is 13.8 Å². The van der Waals surface area contributed by atoms with Gasteiger partial charge in [0.2, 0.25) is 12.7 Å². The van der Waals surface area contributed by atoms with Gasteiger partial charge in [0.1, 0.15) is 0 Å². The standard InChI is InChI=1S/C15H18N2O4/c1-8-13(16-14(9(2)18)15(19)17(8)3)10-4-5-11-12(6-10)21-7-20-11/h4-6,8-9,14,18H,7H2,1-3H3/t8?,9-,14+/m1/s1. The summed E-state index contributed by atoms with van der Waals surface area (Å²) in [6.45, 7) is 3.71. The highest BCUT2D eigenvalue weighted by atomic mass is 16.7. The lowest BCUT2D eigenvalue weighted by Gasteiger charge is -2.35. The second-order valence-electron chi connectivity index (χ2n) is 5.39. The molecule has 0 saturated heterocycles. The summed E-state index contributed by atoms with van der Waals surface area (Å²) in [5.74, 6) is 1.22. The fraction of sp³-hybridized carbons (Fsp3) is 0.467. The third-order valence-corrected chi connectivity index (χ3v) is 3.98. The van der Waals surface area contributed by atoms with E-state index in [0.717, 1.165) is 11.3 Å². The largest absolute Gasteiger partial charge is 0.454 e. The average molecular weight is 290 g/mol. The van der Waals surface area contributed by atoms with Crippen molar-refractivity contribution >= 4 is 11.6 Å². The number of amides is 1. The molecule has 0 spiro atoms. The van der Waals surface area contributed by atoms with Gasteiger partial charge in [0.25, 0.3) is 0 Å². The highest BCUT2D eigenvalue weighted by Crippen LogP contribution is 2.33. The number of aliphatic imine (C=N–C) groups is 1. The van der Waals surface area contributed by atoms with E-state index in [1.54, 1.807) is 18.9 Å². The SMILES string of the molecule is CC1C(c2ccc3c(c2)OCO3)=N[C@@H]([C@@H](C)O)C(=O)N1C. The van der Waals surface area contributed by atoms with E-state index in [-0.39, 0.29) is 18.7 Å². The molecule has 3 atom stereocenters. The molecule has 0 radical (unpaired) electrons. The highest BCUT2D eigenvalue weighted by Gasteiger charge is 2.36. The Morgan fingerprint density at radius 1 is 1.38 bits per heavy atom. The van der Waals surface area contributed by atoms with Crippen molar-refractivity contribution in [1.29, 1.82) is 0 Å². The number of likely N-dealkylation sites (N-methyl/N-ethyl adjacent to an activating group) is 1. The number of ether oxygens (including phenoxy) is 2. The Bertz CT molecular complexity index is 612. The van der Waals surface area contributed by atoms with E-state index >= 15 is 0 Å². The molecule has 2 aliphatic heterocycles. The van der Waals surface area contributed by atoms with E-state index < -0.39 is 12.1 Å². The maximum atomic E-state index is 12.2.